The first-order chi connectivity index (χ1) is 16.8. The molecule has 0 spiro atoms. The minimum Gasteiger partial charge on any atom is -0.392 e. The van der Waals surface area contributed by atoms with Crippen molar-refractivity contribution in [2.75, 3.05) is 0 Å². The lowest BCUT2D eigenvalue weighted by atomic mass is 9.72. The molecular formula is C28H40N2O5S. The van der Waals surface area contributed by atoms with Gasteiger partial charge in [-0.2, -0.15) is 0 Å². The Morgan fingerprint density at radius 1 is 1.17 bits per heavy atom. The number of carbonyl (C=O) groups excluding carboxylic acids is 2. The molecule has 2 aromatic rings. The summed E-state index contributed by atoms with van der Waals surface area (Å²) in [7, 11) is 0. The number of aryl methyl sites for hydroxylation is 1. The monoisotopic (exact) mass is 516 g/mol. The largest absolute Gasteiger partial charge is 0.392 e. The normalized spacial score (nSPS) is 36.3. The highest BCUT2D eigenvalue weighted by Crippen LogP contribution is 2.46. The van der Waals surface area contributed by atoms with Gasteiger partial charge in [-0.15, -0.1) is 11.3 Å². The fourth-order valence-electron chi connectivity index (χ4n) is 5.61. The summed E-state index contributed by atoms with van der Waals surface area (Å²) in [6.07, 6.45) is 0.959. The Balaban J connectivity index is 1.61. The third-order valence-electron chi connectivity index (χ3n) is 8.43. The third kappa shape index (κ3) is 5.52. The Morgan fingerprint density at radius 2 is 1.89 bits per heavy atom. The predicted molar refractivity (Wildman–Crippen MR) is 141 cm³/mol. The van der Waals surface area contributed by atoms with E-state index >= 15 is 0 Å². The van der Waals surface area contributed by atoms with E-state index in [0.717, 1.165) is 40.1 Å². The van der Waals surface area contributed by atoms with Gasteiger partial charge in [0.25, 0.3) is 0 Å². The highest BCUT2D eigenvalue weighted by Gasteiger charge is 2.52. The van der Waals surface area contributed by atoms with Crippen LogP contribution in [-0.4, -0.2) is 50.8 Å². The molecule has 4 rings (SSSR count). The maximum absolute atomic E-state index is 13.3. The van der Waals surface area contributed by atoms with E-state index in [2.05, 4.69) is 17.2 Å². The number of carbonyl (C=O) groups is 2. The maximum atomic E-state index is 13.3. The van der Waals surface area contributed by atoms with Crippen molar-refractivity contribution in [3.05, 3.63) is 28.8 Å². The van der Waals surface area contributed by atoms with Gasteiger partial charge in [0.1, 0.15) is 5.78 Å². The van der Waals surface area contributed by atoms with Crippen molar-refractivity contribution in [2.45, 2.75) is 104 Å². The van der Waals surface area contributed by atoms with Crippen LogP contribution in [0.25, 0.3) is 10.2 Å². The molecule has 0 radical (unpaired) electrons. The van der Waals surface area contributed by atoms with E-state index in [-0.39, 0.29) is 41.8 Å². The maximum Gasteiger partial charge on any atom is 0.223 e. The van der Waals surface area contributed by atoms with Gasteiger partial charge >= 0.3 is 0 Å². The zero-order chi connectivity index (χ0) is 26.4. The first-order valence-corrected chi connectivity index (χ1v) is 13.9. The van der Waals surface area contributed by atoms with E-state index in [0.29, 0.717) is 6.42 Å². The number of aliphatic hydroxyl groups excluding tert-OH is 2. The van der Waals surface area contributed by atoms with E-state index in [1.54, 1.807) is 32.1 Å². The minimum atomic E-state index is -1.17. The van der Waals surface area contributed by atoms with Crippen molar-refractivity contribution in [3.8, 4) is 0 Å². The zero-order valence-electron chi connectivity index (χ0n) is 22.2. The van der Waals surface area contributed by atoms with Gasteiger partial charge in [-0.1, -0.05) is 40.2 Å². The molecule has 0 saturated carbocycles. The van der Waals surface area contributed by atoms with Gasteiger partial charge in [-0.3, -0.25) is 9.59 Å². The lowest BCUT2D eigenvalue weighted by Gasteiger charge is -2.34. The molecule has 0 unspecified atom stereocenters. The van der Waals surface area contributed by atoms with Gasteiger partial charge in [0.15, 0.2) is 0 Å². The molecule has 0 aliphatic carbocycles. The van der Waals surface area contributed by atoms with Gasteiger partial charge in [0.05, 0.1) is 57.0 Å². The van der Waals surface area contributed by atoms with Crippen LogP contribution in [0.5, 0.6) is 0 Å². The summed E-state index contributed by atoms with van der Waals surface area (Å²) in [5.41, 5.74) is 0.424. The van der Waals surface area contributed by atoms with Gasteiger partial charge < -0.3 is 20.3 Å². The SMILES string of the molecule is Cc1nc2cc([C@@H]3C[C@@H]4O[C@]4(C)CCC[C@@H](C)[C@H](O)[C@@H](C)C(=O)C(C)(C)[C@@H](O)CC(=O)N3)ccc2s1. The Labute approximate surface area is 217 Å². The summed E-state index contributed by atoms with van der Waals surface area (Å²) in [4.78, 5) is 31.0. The van der Waals surface area contributed by atoms with Gasteiger partial charge in [0, 0.05) is 12.3 Å². The Hall–Kier alpha value is -1.87. The van der Waals surface area contributed by atoms with E-state index in [4.69, 9.17) is 4.74 Å². The van der Waals surface area contributed by atoms with Crippen molar-refractivity contribution < 1.29 is 24.5 Å². The second-order valence-electron chi connectivity index (χ2n) is 11.7. The number of Topliss-reactive ketones (excluding diaryl/α,β-unsaturated/α-hetero) is 1. The van der Waals surface area contributed by atoms with E-state index in [1.807, 2.05) is 32.0 Å². The number of ether oxygens (including phenoxy) is 1. The van der Waals surface area contributed by atoms with Crippen LogP contribution in [0.3, 0.4) is 0 Å². The number of hydrogen-bond donors (Lipinski definition) is 3. The molecule has 0 bridgehead atoms. The van der Waals surface area contributed by atoms with Gasteiger partial charge in [0.2, 0.25) is 5.91 Å². The second-order valence-corrected chi connectivity index (χ2v) is 12.9. The van der Waals surface area contributed by atoms with Crippen LogP contribution in [0, 0.1) is 24.2 Å². The summed E-state index contributed by atoms with van der Waals surface area (Å²) in [6.45, 7) is 11.1. The van der Waals surface area contributed by atoms with Crippen LogP contribution in [-0.2, 0) is 14.3 Å². The van der Waals surface area contributed by atoms with Crippen molar-refractivity contribution in [1.82, 2.24) is 10.3 Å². The molecule has 2 fully saturated rings. The van der Waals surface area contributed by atoms with E-state index < -0.39 is 23.5 Å². The van der Waals surface area contributed by atoms with Crippen molar-refractivity contribution >= 4 is 33.2 Å². The summed E-state index contributed by atoms with van der Waals surface area (Å²) >= 11 is 1.64. The van der Waals surface area contributed by atoms with E-state index in [1.165, 1.54) is 0 Å². The average Bonchev–Trinajstić information content (AvgIpc) is 3.28. The minimum absolute atomic E-state index is 0.00525. The number of epoxide rings is 1. The number of amides is 1. The Bertz CT molecular complexity index is 1130. The number of thiazole rings is 1. The zero-order valence-corrected chi connectivity index (χ0v) is 23.0. The predicted octanol–water partition coefficient (Wildman–Crippen LogP) is 4.47. The number of aromatic nitrogens is 1. The molecule has 198 valence electrons. The fourth-order valence-corrected chi connectivity index (χ4v) is 6.41. The van der Waals surface area contributed by atoms with Crippen LogP contribution < -0.4 is 5.32 Å². The van der Waals surface area contributed by atoms with Crippen LogP contribution in [0.2, 0.25) is 0 Å². The summed E-state index contributed by atoms with van der Waals surface area (Å²) in [5.74, 6) is -1.25. The van der Waals surface area contributed by atoms with Gasteiger partial charge in [-0.25, -0.2) is 4.98 Å². The highest BCUT2D eigenvalue weighted by atomic mass is 32.1. The molecule has 2 aliphatic rings. The van der Waals surface area contributed by atoms with Crippen molar-refractivity contribution in [1.29, 1.82) is 0 Å². The molecule has 36 heavy (non-hydrogen) atoms. The third-order valence-corrected chi connectivity index (χ3v) is 9.38. The number of ketones is 1. The highest BCUT2D eigenvalue weighted by molar-refractivity contribution is 7.18. The number of fused-ring (bicyclic) bond motifs is 2. The molecule has 8 heteroatoms. The lowest BCUT2D eigenvalue weighted by molar-refractivity contribution is -0.143. The number of aliphatic hydroxyl groups is 2. The Kier molecular flexibility index (Phi) is 7.64. The quantitative estimate of drug-likeness (QED) is 0.482. The number of rotatable bonds is 1. The smallest absolute Gasteiger partial charge is 0.223 e. The Morgan fingerprint density at radius 3 is 2.61 bits per heavy atom. The number of nitrogens with one attached hydrogen (secondary N) is 1. The molecule has 1 aromatic heterocycles. The molecule has 2 saturated heterocycles. The van der Waals surface area contributed by atoms with Crippen LogP contribution in [0.4, 0.5) is 0 Å². The lowest BCUT2D eigenvalue weighted by Crippen LogP contribution is -2.46. The molecule has 7 nitrogen and oxygen atoms in total. The van der Waals surface area contributed by atoms with E-state index in [9.17, 15) is 19.8 Å². The molecule has 1 amide bonds. The standard InChI is InChI=1S/C28H40N2O5S/c1-15-8-7-11-28(6)23(35-28)13-19(18-9-10-21-20(12-18)29-17(3)36-21)30-24(32)14-22(31)27(4,5)26(34)16(2)25(15)33/h9-10,12,15-16,19,22-23,25,31,33H,7-8,11,13-14H2,1-6H3,(H,30,32)/t15-,16-,19+,22+,23+,25+,28-/m1/s1. The molecular weight excluding hydrogens is 476 g/mol. The first kappa shape index (κ1) is 27.2. The summed E-state index contributed by atoms with van der Waals surface area (Å²) < 4.78 is 7.23. The number of nitrogens with zero attached hydrogens (tertiary/aromatic N) is 1. The van der Waals surface area contributed by atoms with Gasteiger partial charge in [-0.05, 0) is 50.3 Å². The summed E-state index contributed by atoms with van der Waals surface area (Å²) in [5, 5.41) is 25.9. The molecule has 7 atom stereocenters. The topological polar surface area (TPSA) is 112 Å². The average molecular weight is 517 g/mol. The van der Waals surface area contributed by atoms with Crippen LogP contribution in [0.15, 0.2) is 18.2 Å². The van der Waals surface area contributed by atoms with Crippen molar-refractivity contribution in [2.24, 2.45) is 17.3 Å². The number of benzene rings is 1. The molecule has 3 N–H and O–H groups in total. The number of hydrogen-bond acceptors (Lipinski definition) is 7. The summed E-state index contributed by atoms with van der Waals surface area (Å²) in [6, 6.07) is 5.79. The molecule has 2 aliphatic heterocycles. The molecule has 1 aromatic carbocycles. The fraction of sp³-hybridized carbons (Fsp3) is 0.679. The van der Waals surface area contributed by atoms with Crippen LogP contribution in [0.1, 0.15) is 83.3 Å². The van der Waals surface area contributed by atoms with Crippen molar-refractivity contribution in [3.63, 3.8) is 0 Å². The second kappa shape index (κ2) is 10.1. The first-order valence-electron chi connectivity index (χ1n) is 13.1. The van der Waals surface area contributed by atoms with Crippen LogP contribution >= 0.6 is 11.3 Å². The molecule has 3 heterocycles.